The lowest BCUT2D eigenvalue weighted by molar-refractivity contribution is -0.141. The van der Waals surface area contributed by atoms with Crippen LogP contribution in [0.2, 0.25) is 5.02 Å². The van der Waals surface area contributed by atoms with E-state index in [9.17, 15) is 27.9 Å². The first kappa shape index (κ1) is 29.9. The molecule has 2 saturated heterocycles. The van der Waals surface area contributed by atoms with Gasteiger partial charge in [0.15, 0.2) is 16.6 Å². The maximum atomic E-state index is 13.1. The molecule has 0 spiro atoms. The molecule has 2 aromatic carbocycles. The Kier molecular flexibility index (Phi) is 8.53. The Labute approximate surface area is 248 Å². The van der Waals surface area contributed by atoms with Gasteiger partial charge in [0.2, 0.25) is 0 Å². The number of hydrogen-bond acceptors (Lipinski definition) is 10. The largest absolute Gasteiger partial charge is 0.510 e. The lowest BCUT2D eigenvalue weighted by Gasteiger charge is -2.37. The SMILES string of the molecule is CC(C)OC(=O)OCN1C=C2C(=O)N(C3CCN(C(=O)[C@H](O)CS(=O)(=O)c4ccc5cc(Cl)ccc5c4)CC3)CN2C1. The van der Waals surface area contributed by atoms with E-state index >= 15 is 0 Å². The predicted octanol–water partition coefficient (Wildman–Crippen LogP) is 2.35. The van der Waals surface area contributed by atoms with Crippen molar-refractivity contribution >= 4 is 50.2 Å². The summed E-state index contributed by atoms with van der Waals surface area (Å²) in [7, 11) is -3.94. The third-order valence-corrected chi connectivity index (χ3v) is 9.46. The molecule has 0 bridgehead atoms. The van der Waals surface area contributed by atoms with Gasteiger partial charge in [-0.25, -0.2) is 13.2 Å². The molecule has 0 aromatic heterocycles. The summed E-state index contributed by atoms with van der Waals surface area (Å²) >= 11 is 6.00. The lowest BCUT2D eigenvalue weighted by atomic mass is 10.0. The van der Waals surface area contributed by atoms with Crippen LogP contribution in [0.1, 0.15) is 26.7 Å². The molecule has 0 unspecified atom stereocenters. The van der Waals surface area contributed by atoms with Crippen molar-refractivity contribution in [1.29, 1.82) is 0 Å². The number of aliphatic hydroxyl groups excluding tert-OH is 1. The van der Waals surface area contributed by atoms with Gasteiger partial charge < -0.3 is 34.2 Å². The Morgan fingerprint density at radius 1 is 1.07 bits per heavy atom. The topological polar surface area (TPSA) is 137 Å². The third kappa shape index (κ3) is 6.42. The lowest BCUT2D eigenvalue weighted by Crippen LogP contribution is -2.51. The molecule has 0 aliphatic carbocycles. The van der Waals surface area contributed by atoms with Gasteiger partial charge in [0.1, 0.15) is 11.8 Å². The third-order valence-electron chi connectivity index (χ3n) is 7.49. The second-order valence-corrected chi connectivity index (χ2v) is 13.4. The number of sulfone groups is 1. The molecule has 1 N–H and O–H groups in total. The van der Waals surface area contributed by atoms with Gasteiger partial charge in [-0.15, -0.1) is 0 Å². The maximum Gasteiger partial charge on any atom is 0.510 e. The summed E-state index contributed by atoms with van der Waals surface area (Å²) in [5.74, 6) is -1.52. The second kappa shape index (κ2) is 12.0. The first-order valence-corrected chi connectivity index (χ1v) is 15.7. The molecular formula is C28H33ClN4O8S. The van der Waals surface area contributed by atoms with E-state index in [1.807, 2.05) is 4.90 Å². The van der Waals surface area contributed by atoms with Crippen LogP contribution in [0.3, 0.4) is 0 Å². The Morgan fingerprint density at radius 2 is 1.76 bits per heavy atom. The number of carbonyl (C=O) groups is 3. The number of nitrogens with zero attached hydrogens (tertiary/aromatic N) is 4. The van der Waals surface area contributed by atoms with Gasteiger partial charge >= 0.3 is 6.16 Å². The minimum absolute atomic E-state index is 0.0194. The minimum Gasteiger partial charge on any atom is -0.432 e. The Bertz CT molecular complexity index is 1520. The predicted molar refractivity (Wildman–Crippen MR) is 153 cm³/mol. The maximum absolute atomic E-state index is 13.1. The molecule has 3 aliphatic heterocycles. The Morgan fingerprint density at radius 3 is 2.45 bits per heavy atom. The van der Waals surface area contributed by atoms with Gasteiger partial charge in [-0.05, 0) is 61.7 Å². The summed E-state index contributed by atoms with van der Waals surface area (Å²) in [5, 5.41) is 12.6. The molecule has 42 heavy (non-hydrogen) atoms. The van der Waals surface area contributed by atoms with Crippen molar-refractivity contribution in [2.75, 3.05) is 38.9 Å². The van der Waals surface area contributed by atoms with Crippen LogP contribution in [0.5, 0.6) is 0 Å². The van der Waals surface area contributed by atoms with E-state index in [1.54, 1.807) is 54.1 Å². The Hall–Kier alpha value is -3.55. The summed E-state index contributed by atoms with van der Waals surface area (Å²) in [4.78, 5) is 44.5. The standard InChI is InChI=1S/C28H33ClN4O8S/c1-18(2)41-28(37)40-17-30-13-24-26(35)33(16-32(24)15-30)22-7-9-31(10-8-22)27(36)25(34)14-42(38,39)23-6-4-19-11-21(29)5-3-20(19)12-23/h3-6,11-13,18,22,25,34H,7-10,14-17H2,1-2H3/t25-/m1/s1. The van der Waals surface area contributed by atoms with E-state index in [2.05, 4.69) is 0 Å². The van der Waals surface area contributed by atoms with Crippen LogP contribution < -0.4 is 0 Å². The first-order valence-electron chi connectivity index (χ1n) is 13.7. The zero-order valence-corrected chi connectivity index (χ0v) is 24.9. The highest BCUT2D eigenvalue weighted by molar-refractivity contribution is 7.91. The average molecular weight is 621 g/mol. The second-order valence-electron chi connectivity index (χ2n) is 10.9. The normalized spacial score (nSPS) is 18.5. The summed E-state index contributed by atoms with van der Waals surface area (Å²) in [5.41, 5.74) is 0.506. The highest BCUT2D eigenvalue weighted by Crippen LogP contribution is 2.30. The van der Waals surface area contributed by atoms with Crippen LogP contribution in [-0.2, 0) is 28.9 Å². The molecular weight excluding hydrogens is 588 g/mol. The number of piperidine rings is 1. The minimum atomic E-state index is -3.94. The molecule has 3 aliphatic rings. The van der Waals surface area contributed by atoms with Gasteiger partial charge in [-0.2, -0.15) is 0 Å². The molecule has 3 heterocycles. The quantitative estimate of drug-likeness (QED) is 0.438. The van der Waals surface area contributed by atoms with Crippen LogP contribution in [0, 0.1) is 0 Å². The summed E-state index contributed by atoms with van der Waals surface area (Å²) in [6.45, 7) is 4.74. The van der Waals surface area contributed by atoms with Crippen LogP contribution in [0.25, 0.3) is 10.8 Å². The van der Waals surface area contributed by atoms with Gasteiger partial charge in [-0.3, -0.25) is 9.59 Å². The highest BCUT2D eigenvalue weighted by Gasteiger charge is 2.42. The number of carbonyl (C=O) groups excluding carboxylic acids is 3. The number of fused-ring (bicyclic) bond motifs is 2. The van der Waals surface area contributed by atoms with Crippen molar-refractivity contribution in [3.8, 4) is 0 Å². The molecule has 5 rings (SSSR count). The number of amides is 2. The van der Waals surface area contributed by atoms with Gasteiger partial charge in [0.25, 0.3) is 11.8 Å². The van der Waals surface area contributed by atoms with E-state index in [1.165, 1.54) is 17.0 Å². The number of likely N-dealkylation sites (tertiary alicyclic amines) is 1. The summed E-state index contributed by atoms with van der Waals surface area (Å²) < 4.78 is 36.0. The Balaban J connectivity index is 1.12. The first-order chi connectivity index (χ1) is 19.9. The van der Waals surface area contributed by atoms with Crippen molar-refractivity contribution in [3.63, 3.8) is 0 Å². The van der Waals surface area contributed by atoms with Crippen LogP contribution in [0.4, 0.5) is 4.79 Å². The number of hydrogen-bond donors (Lipinski definition) is 1. The zero-order chi connectivity index (χ0) is 30.2. The van der Waals surface area contributed by atoms with Crippen LogP contribution >= 0.6 is 11.6 Å². The zero-order valence-electron chi connectivity index (χ0n) is 23.3. The van der Waals surface area contributed by atoms with Crippen molar-refractivity contribution in [2.24, 2.45) is 0 Å². The molecule has 1 atom stereocenters. The highest BCUT2D eigenvalue weighted by atomic mass is 35.5. The molecule has 226 valence electrons. The van der Waals surface area contributed by atoms with E-state index in [4.69, 9.17) is 21.1 Å². The average Bonchev–Trinajstić information content (AvgIpc) is 3.49. The van der Waals surface area contributed by atoms with Crippen LogP contribution in [-0.4, -0.2) is 108 Å². The fraction of sp³-hybridized carbons (Fsp3) is 0.464. The molecule has 2 aromatic rings. The van der Waals surface area contributed by atoms with Crippen molar-refractivity contribution in [2.45, 2.75) is 49.8 Å². The molecule has 2 amide bonds. The van der Waals surface area contributed by atoms with Gasteiger partial charge in [0.05, 0.1) is 30.1 Å². The number of rotatable bonds is 8. The van der Waals surface area contributed by atoms with Gasteiger partial charge in [0, 0.05) is 30.4 Å². The van der Waals surface area contributed by atoms with E-state index in [0.29, 0.717) is 42.3 Å². The van der Waals surface area contributed by atoms with Crippen molar-refractivity contribution in [3.05, 3.63) is 53.3 Å². The van der Waals surface area contributed by atoms with E-state index < -0.39 is 33.8 Å². The van der Waals surface area contributed by atoms with Crippen molar-refractivity contribution in [1.82, 2.24) is 19.6 Å². The number of benzene rings is 2. The van der Waals surface area contributed by atoms with Gasteiger partial charge in [-0.1, -0.05) is 23.7 Å². The summed E-state index contributed by atoms with van der Waals surface area (Å²) in [6.07, 6.45) is -0.111. The molecule has 0 radical (unpaired) electrons. The molecule has 0 saturated carbocycles. The molecule has 2 fully saturated rings. The smallest absolute Gasteiger partial charge is 0.432 e. The number of halogens is 1. The molecule has 14 heteroatoms. The summed E-state index contributed by atoms with van der Waals surface area (Å²) in [6, 6.07) is 9.59. The van der Waals surface area contributed by atoms with E-state index in [-0.39, 0.29) is 42.8 Å². The molecule has 12 nitrogen and oxygen atoms in total. The number of aliphatic hydroxyl groups is 1. The fourth-order valence-electron chi connectivity index (χ4n) is 5.39. The number of ether oxygens (including phenoxy) is 2. The van der Waals surface area contributed by atoms with Crippen LogP contribution in [0.15, 0.2) is 53.2 Å². The van der Waals surface area contributed by atoms with E-state index in [0.717, 1.165) is 5.39 Å². The monoisotopic (exact) mass is 620 g/mol. The van der Waals surface area contributed by atoms with Crippen molar-refractivity contribution < 1.29 is 37.4 Å². The fourth-order valence-corrected chi connectivity index (χ4v) is 6.90.